The van der Waals surface area contributed by atoms with Crippen LogP contribution in [0.1, 0.15) is 15.9 Å². The van der Waals surface area contributed by atoms with Crippen molar-refractivity contribution in [2.45, 2.75) is 11.8 Å². The van der Waals surface area contributed by atoms with Crippen molar-refractivity contribution in [1.29, 1.82) is 0 Å². The number of hydrogen-bond donors (Lipinski definition) is 0. The summed E-state index contributed by atoms with van der Waals surface area (Å²) >= 11 is 1.11. The first kappa shape index (κ1) is 13.7. The molecule has 2 aromatic rings. The van der Waals surface area contributed by atoms with Gasteiger partial charge in [0.15, 0.2) is 5.78 Å². The number of hydrogen-bond acceptors (Lipinski definition) is 2. The van der Waals surface area contributed by atoms with Gasteiger partial charge < -0.3 is 0 Å². The second-order valence-corrected chi connectivity index (χ2v) is 5.12. The quantitative estimate of drug-likeness (QED) is 0.614. The van der Waals surface area contributed by atoms with E-state index >= 15 is 0 Å². The molecule has 0 saturated carbocycles. The van der Waals surface area contributed by atoms with Crippen LogP contribution in [0.15, 0.2) is 47.4 Å². The molecule has 0 saturated heterocycles. The molecular formula is C15H12F2OS. The van der Waals surface area contributed by atoms with Crippen molar-refractivity contribution >= 4 is 17.5 Å². The first-order chi connectivity index (χ1) is 9.08. The van der Waals surface area contributed by atoms with Crippen molar-refractivity contribution in [1.82, 2.24) is 0 Å². The second-order valence-electron chi connectivity index (χ2n) is 4.11. The summed E-state index contributed by atoms with van der Waals surface area (Å²) < 4.78 is 26.7. The third kappa shape index (κ3) is 3.41. The minimum Gasteiger partial charge on any atom is -0.293 e. The molecule has 0 aliphatic heterocycles. The number of aryl methyl sites for hydroxylation is 1. The highest BCUT2D eigenvalue weighted by atomic mass is 32.2. The van der Waals surface area contributed by atoms with Gasteiger partial charge in [0.25, 0.3) is 0 Å². The number of benzene rings is 2. The summed E-state index contributed by atoms with van der Waals surface area (Å²) in [5.41, 5.74) is 0.810. The summed E-state index contributed by atoms with van der Waals surface area (Å²) in [7, 11) is 0. The molecule has 1 nitrogen and oxygen atoms in total. The van der Waals surface area contributed by atoms with E-state index in [2.05, 4.69) is 0 Å². The topological polar surface area (TPSA) is 17.1 Å². The van der Waals surface area contributed by atoms with Crippen molar-refractivity contribution in [3.63, 3.8) is 0 Å². The van der Waals surface area contributed by atoms with Gasteiger partial charge in [0.1, 0.15) is 11.6 Å². The number of ketones is 1. The average molecular weight is 278 g/mol. The predicted octanol–water partition coefficient (Wildman–Crippen LogP) is 4.25. The first-order valence-electron chi connectivity index (χ1n) is 5.74. The van der Waals surface area contributed by atoms with Crippen LogP contribution in [0, 0.1) is 18.6 Å². The highest BCUT2D eigenvalue weighted by Crippen LogP contribution is 2.22. The molecule has 0 aromatic heterocycles. The molecular weight excluding hydrogens is 266 g/mol. The fourth-order valence-corrected chi connectivity index (χ4v) is 2.39. The maximum Gasteiger partial charge on any atom is 0.173 e. The summed E-state index contributed by atoms with van der Waals surface area (Å²) in [5.74, 6) is -0.882. The predicted molar refractivity (Wildman–Crippen MR) is 72.6 cm³/mol. The highest BCUT2D eigenvalue weighted by Gasteiger charge is 2.10. The van der Waals surface area contributed by atoms with Crippen molar-refractivity contribution in [3.8, 4) is 0 Å². The second kappa shape index (κ2) is 5.97. The molecule has 0 atom stereocenters. The van der Waals surface area contributed by atoms with E-state index in [1.54, 1.807) is 37.3 Å². The van der Waals surface area contributed by atoms with Crippen molar-refractivity contribution in [2.75, 3.05) is 5.75 Å². The molecule has 0 aliphatic rings. The third-order valence-corrected chi connectivity index (χ3v) is 3.74. The van der Waals surface area contributed by atoms with Gasteiger partial charge in [-0.05, 0) is 30.7 Å². The number of Topliss-reactive ketones (excluding diaryl/α,β-unsaturated/α-hetero) is 1. The van der Waals surface area contributed by atoms with Crippen molar-refractivity contribution in [3.05, 3.63) is 65.2 Å². The van der Waals surface area contributed by atoms with Crippen LogP contribution in [0.3, 0.4) is 0 Å². The summed E-state index contributed by atoms with van der Waals surface area (Å²) in [4.78, 5) is 12.3. The zero-order chi connectivity index (χ0) is 13.8. The van der Waals surface area contributed by atoms with E-state index in [9.17, 15) is 13.6 Å². The molecule has 2 rings (SSSR count). The monoisotopic (exact) mass is 278 g/mol. The standard InChI is InChI=1S/C15H12F2OS/c1-10-6-7-11(8-13(10)17)14(18)9-19-15-5-3-2-4-12(15)16/h2-8H,9H2,1H3. The SMILES string of the molecule is Cc1ccc(C(=O)CSc2ccccc2F)cc1F. The van der Waals surface area contributed by atoms with Crippen LogP contribution in [0.2, 0.25) is 0 Å². The van der Waals surface area contributed by atoms with Crippen LogP contribution in [0.25, 0.3) is 0 Å². The van der Waals surface area contributed by atoms with Crippen LogP contribution >= 0.6 is 11.8 Å². The fourth-order valence-electron chi connectivity index (χ4n) is 1.55. The van der Waals surface area contributed by atoms with Gasteiger partial charge in [-0.2, -0.15) is 0 Å². The summed E-state index contributed by atoms with van der Waals surface area (Å²) in [6.45, 7) is 1.64. The van der Waals surface area contributed by atoms with E-state index in [0.717, 1.165) is 11.8 Å². The third-order valence-electron chi connectivity index (χ3n) is 2.69. The zero-order valence-corrected chi connectivity index (χ0v) is 11.1. The minimum absolute atomic E-state index is 0.0867. The number of rotatable bonds is 4. The van der Waals surface area contributed by atoms with E-state index < -0.39 is 5.82 Å². The van der Waals surface area contributed by atoms with Crippen molar-refractivity contribution < 1.29 is 13.6 Å². The molecule has 0 unspecified atom stereocenters. The first-order valence-corrected chi connectivity index (χ1v) is 6.73. The molecule has 98 valence electrons. The molecule has 4 heteroatoms. The summed E-state index contributed by atoms with van der Waals surface area (Å²) in [6, 6.07) is 10.6. The van der Waals surface area contributed by atoms with Gasteiger partial charge in [-0.3, -0.25) is 4.79 Å². The lowest BCUT2D eigenvalue weighted by Gasteiger charge is -2.04. The Labute approximate surface area is 114 Å². The molecule has 0 N–H and O–H groups in total. The molecule has 0 spiro atoms. The number of carbonyl (C=O) groups is 1. The van der Waals surface area contributed by atoms with E-state index in [4.69, 9.17) is 0 Å². The Bertz CT molecular complexity index is 611. The van der Waals surface area contributed by atoms with E-state index in [0.29, 0.717) is 16.0 Å². The Kier molecular flexibility index (Phi) is 4.32. The Morgan fingerprint density at radius 3 is 2.53 bits per heavy atom. The maximum atomic E-state index is 13.4. The fraction of sp³-hybridized carbons (Fsp3) is 0.133. The van der Waals surface area contributed by atoms with Gasteiger partial charge in [-0.25, -0.2) is 8.78 Å². The molecule has 2 aromatic carbocycles. The molecule has 0 bridgehead atoms. The Morgan fingerprint density at radius 1 is 1.11 bits per heavy atom. The molecule has 0 amide bonds. The van der Waals surface area contributed by atoms with Gasteiger partial charge in [0, 0.05) is 10.5 Å². The summed E-state index contributed by atoms with van der Waals surface area (Å²) in [5, 5.41) is 0. The largest absolute Gasteiger partial charge is 0.293 e. The minimum atomic E-state index is -0.401. The summed E-state index contributed by atoms with van der Waals surface area (Å²) in [6.07, 6.45) is 0. The van der Waals surface area contributed by atoms with Crippen LogP contribution in [0.5, 0.6) is 0 Å². The number of thioether (sulfide) groups is 1. The number of carbonyl (C=O) groups excluding carboxylic acids is 1. The molecule has 0 radical (unpaired) electrons. The zero-order valence-electron chi connectivity index (χ0n) is 10.3. The van der Waals surface area contributed by atoms with Gasteiger partial charge in [-0.15, -0.1) is 11.8 Å². The molecule has 0 aliphatic carbocycles. The molecule has 19 heavy (non-hydrogen) atoms. The number of halogens is 2. The van der Waals surface area contributed by atoms with Crippen LogP contribution < -0.4 is 0 Å². The van der Waals surface area contributed by atoms with Gasteiger partial charge in [0.05, 0.1) is 5.75 Å². The van der Waals surface area contributed by atoms with Gasteiger partial charge >= 0.3 is 0 Å². The molecule has 0 fully saturated rings. The van der Waals surface area contributed by atoms with Crippen molar-refractivity contribution in [2.24, 2.45) is 0 Å². The van der Waals surface area contributed by atoms with Crippen LogP contribution in [-0.4, -0.2) is 11.5 Å². The highest BCUT2D eigenvalue weighted by molar-refractivity contribution is 8.00. The van der Waals surface area contributed by atoms with Gasteiger partial charge in [0.2, 0.25) is 0 Å². The lowest BCUT2D eigenvalue weighted by molar-refractivity contribution is 0.102. The lowest BCUT2D eigenvalue weighted by atomic mass is 10.1. The Balaban J connectivity index is 2.05. The van der Waals surface area contributed by atoms with E-state index in [1.807, 2.05) is 0 Å². The van der Waals surface area contributed by atoms with Crippen LogP contribution in [-0.2, 0) is 0 Å². The van der Waals surface area contributed by atoms with Crippen LogP contribution in [0.4, 0.5) is 8.78 Å². The lowest BCUT2D eigenvalue weighted by Crippen LogP contribution is -2.03. The van der Waals surface area contributed by atoms with E-state index in [1.165, 1.54) is 12.1 Å². The average Bonchev–Trinajstić information content (AvgIpc) is 2.40. The smallest absolute Gasteiger partial charge is 0.173 e. The van der Waals surface area contributed by atoms with Gasteiger partial charge in [-0.1, -0.05) is 24.3 Å². The normalized spacial score (nSPS) is 10.5. The Morgan fingerprint density at radius 2 is 1.84 bits per heavy atom. The Hall–Kier alpha value is -1.68. The van der Waals surface area contributed by atoms with E-state index in [-0.39, 0.29) is 17.4 Å². The molecule has 0 heterocycles. The maximum absolute atomic E-state index is 13.4.